The van der Waals surface area contributed by atoms with Gasteiger partial charge in [-0.15, -0.1) is 0 Å². The highest BCUT2D eigenvalue weighted by Gasteiger charge is 2.13. The van der Waals surface area contributed by atoms with Crippen LogP contribution >= 0.6 is 15.9 Å². The van der Waals surface area contributed by atoms with E-state index in [2.05, 4.69) is 15.9 Å². The van der Waals surface area contributed by atoms with Gasteiger partial charge in [-0.05, 0) is 48.0 Å². The number of aromatic nitrogens is 1. The van der Waals surface area contributed by atoms with Gasteiger partial charge in [0.2, 0.25) is 0 Å². The number of nitrogens with zero attached hydrogens (tertiary/aromatic N) is 2. The molecule has 0 aliphatic carbocycles. The zero-order chi connectivity index (χ0) is 16.2. The van der Waals surface area contributed by atoms with E-state index < -0.39 is 0 Å². The molecule has 0 saturated carbocycles. The standard InChI is InChI=1S/C19H17BrN2O/c1-21(14-16-6-2-3-7-18(16)20)19(23)15-8-10-17(11-9-15)22-12-4-5-13-22/h2-13H,14H2,1H3. The predicted octanol–water partition coefficient (Wildman–Crippen LogP) is 4.51. The summed E-state index contributed by atoms with van der Waals surface area (Å²) in [4.78, 5) is 14.3. The van der Waals surface area contributed by atoms with Crippen LogP contribution in [0, 0.1) is 0 Å². The van der Waals surface area contributed by atoms with E-state index in [1.54, 1.807) is 4.90 Å². The topological polar surface area (TPSA) is 25.2 Å². The molecule has 0 aliphatic heterocycles. The van der Waals surface area contributed by atoms with Crippen LogP contribution in [0.2, 0.25) is 0 Å². The molecule has 0 bridgehead atoms. The normalized spacial score (nSPS) is 10.5. The van der Waals surface area contributed by atoms with Gasteiger partial charge in [0.1, 0.15) is 0 Å². The van der Waals surface area contributed by atoms with Gasteiger partial charge >= 0.3 is 0 Å². The number of carbonyl (C=O) groups excluding carboxylic acids is 1. The lowest BCUT2D eigenvalue weighted by Gasteiger charge is -2.18. The number of carbonyl (C=O) groups is 1. The Hall–Kier alpha value is -2.33. The van der Waals surface area contributed by atoms with Crippen LogP contribution in [-0.2, 0) is 6.54 Å². The lowest BCUT2D eigenvalue weighted by Crippen LogP contribution is -2.26. The Morgan fingerprint density at radius 3 is 2.30 bits per heavy atom. The molecule has 116 valence electrons. The molecule has 3 aromatic rings. The lowest BCUT2D eigenvalue weighted by molar-refractivity contribution is 0.0785. The summed E-state index contributed by atoms with van der Waals surface area (Å²) < 4.78 is 3.03. The van der Waals surface area contributed by atoms with Crippen LogP contribution in [-0.4, -0.2) is 22.4 Å². The van der Waals surface area contributed by atoms with E-state index in [-0.39, 0.29) is 5.91 Å². The molecule has 0 spiro atoms. The van der Waals surface area contributed by atoms with Crippen molar-refractivity contribution < 1.29 is 4.79 Å². The lowest BCUT2D eigenvalue weighted by atomic mass is 10.1. The largest absolute Gasteiger partial charge is 0.337 e. The van der Waals surface area contributed by atoms with Crippen molar-refractivity contribution >= 4 is 21.8 Å². The molecule has 1 heterocycles. The minimum absolute atomic E-state index is 0.0137. The summed E-state index contributed by atoms with van der Waals surface area (Å²) in [5.74, 6) is 0.0137. The van der Waals surface area contributed by atoms with Gasteiger partial charge in [0.05, 0.1) is 0 Å². The van der Waals surface area contributed by atoms with Gasteiger partial charge in [-0.1, -0.05) is 34.1 Å². The van der Waals surface area contributed by atoms with Gasteiger partial charge in [0.15, 0.2) is 0 Å². The van der Waals surface area contributed by atoms with Gasteiger partial charge < -0.3 is 9.47 Å². The maximum Gasteiger partial charge on any atom is 0.253 e. The Balaban J connectivity index is 1.73. The van der Waals surface area contributed by atoms with Crippen molar-refractivity contribution in [3.05, 3.63) is 88.7 Å². The van der Waals surface area contributed by atoms with E-state index in [1.165, 1.54) is 0 Å². The number of hydrogen-bond acceptors (Lipinski definition) is 1. The van der Waals surface area contributed by atoms with E-state index >= 15 is 0 Å². The summed E-state index contributed by atoms with van der Waals surface area (Å²) in [5, 5.41) is 0. The van der Waals surface area contributed by atoms with Crippen molar-refractivity contribution in [3.8, 4) is 5.69 Å². The minimum atomic E-state index is 0.0137. The molecular weight excluding hydrogens is 352 g/mol. The molecule has 3 rings (SSSR count). The predicted molar refractivity (Wildman–Crippen MR) is 95.7 cm³/mol. The molecule has 0 unspecified atom stereocenters. The maximum atomic E-state index is 12.6. The van der Waals surface area contributed by atoms with Crippen molar-refractivity contribution in [2.75, 3.05) is 7.05 Å². The Morgan fingerprint density at radius 2 is 1.65 bits per heavy atom. The van der Waals surface area contributed by atoms with Crippen LogP contribution in [0.3, 0.4) is 0 Å². The van der Waals surface area contributed by atoms with Gasteiger partial charge in [-0.25, -0.2) is 0 Å². The van der Waals surface area contributed by atoms with Gasteiger partial charge in [-0.2, -0.15) is 0 Å². The molecule has 23 heavy (non-hydrogen) atoms. The molecule has 1 aromatic heterocycles. The summed E-state index contributed by atoms with van der Waals surface area (Å²) in [7, 11) is 1.82. The van der Waals surface area contributed by atoms with Crippen LogP contribution in [0.15, 0.2) is 77.5 Å². The zero-order valence-corrected chi connectivity index (χ0v) is 14.4. The van der Waals surface area contributed by atoms with Crippen molar-refractivity contribution in [2.45, 2.75) is 6.54 Å². The third-order valence-corrected chi connectivity index (χ3v) is 4.50. The average Bonchev–Trinajstić information content (AvgIpc) is 3.11. The third kappa shape index (κ3) is 3.54. The molecule has 0 N–H and O–H groups in total. The third-order valence-electron chi connectivity index (χ3n) is 3.73. The first kappa shape index (κ1) is 15.6. The van der Waals surface area contributed by atoms with E-state index in [4.69, 9.17) is 0 Å². The fourth-order valence-corrected chi connectivity index (χ4v) is 2.87. The second-order valence-corrected chi connectivity index (χ2v) is 6.24. The number of hydrogen-bond donors (Lipinski definition) is 0. The average molecular weight is 369 g/mol. The molecule has 0 radical (unpaired) electrons. The number of benzene rings is 2. The smallest absolute Gasteiger partial charge is 0.253 e. The van der Waals surface area contributed by atoms with Crippen LogP contribution in [0.1, 0.15) is 15.9 Å². The monoisotopic (exact) mass is 368 g/mol. The molecular formula is C19H17BrN2O. The molecule has 2 aromatic carbocycles. The van der Waals surface area contributed by atoms with Crippen LogP contribution in [0.4, 0.5) is 0 Å². The summed E-state index contributed by atoms with van der Waals surface area (Å²) >= 11 is 3.52. The fraction of sp³-hybridized carbons (Fsp3) is 0.105. The first-order chi connectivity index (χ1) is 11.1. The molecule has 4 heteroatoms. The Labute approximate surface area is 144 Å². The van der Waals surface area contributed by atoms with E-state index in [0.29, 0.717) is 12.1 Å². The Kier molecular flexibility index (Phi) is 4.63. The number of halogens is 1. The number of amides is 1. The van der Waals surface area contributed by atoms with Gasteiger partial charge in [-0.3, -0.25) is 4.79 Å². The van der Waals surface area contributed by atoms with Crippen molar-refractivity contribution in [1.82, 2.24) is 9.47 Å². The highest BCUT2D eigenvalue weighted by molar-refractivity contribution is 9.10. The summed E-state index contributed by atoms with van der Waals surface area (Å²) in [6, 6.07) is 19.6. The van der Waals surface area contributed by atoms with Crippen molar-refractivity contribution in [2.24, 2.45) is 0 Å². The van der Waals surface area contributed by atoms with Crippen molar-refractivity contribution in [1.29, 1.82) is 0 Å². The zero-order valence-electron chi connectivity index (χ0n) is 12.8. The minimum Gasteiger partial charge on any atom is -0.337 e. The first-order valence-corrected chi connectivity index (χ1v) is 8.17. The van der Waals surface area contributed by atoms with Crippen LogP contribution < -0.4 is 0 Å². The first-order valence-electron chi connectivity index (χ1n) is 7.37. The number of rotatable bonds is 4. The van der Waals surface area contributed by atoms with Gasteiger partial charge in [0.25, 0.3) is 5.91 Å². The molecule has 0 aliphatic rings. The van der Waals surface area contributed by atoms with Gasteiger partial charge in [0, 0.05) is 41.7 Å². The molecule has 0 atom stereocenters. The van der Waals surface area contributed by atoms with E-state index in [9.17, 15) is 4.79 Å². The fourth-order valence-electron chi connectivity index (χ4n) is 2.46. The second kappa shape index (κ2) is 6.84. The van der Waals surface area contributed by atoms with Crippen LogP contribution in [0.5, 0.6) is 0 Å². The summed E-state index contributed by atoms with van der Waals surface area (Å²) in [5.41, 5.74) is 2.82. The quantitative estimate of drug-likeness (QED) is 0.664. The SMILES string of the molecule is CN(Cc1ccccc1Br)C(=O)c1ccc(-n2cccc2)cc1. The van der Waals surface area contributed by atoms with E-state index in [1.807, 2.05) is 84.7 Å². The highest BCUT2D eigenvalue weighted by Crippen LogP contribution is 2.18. The Morgan fingerprint density at radius 1 is 1.00 bits per heavy atom. The van der Waals surface area contributed by atoms with E-state index in [0.717, 1.165) is 15.7 Å². The Bertz CT molecular complexity index is 795. The highest BCUT2D eigenvalue weighted by atomic mass is 79.9. The summed E-state index contributed by atoms with van der Waals surface area (Å²) in [6.45, 7) is 0.569. The second-order valence-electron chi connectivity index (χ2n) is 5.39. The molecule has 0 fully saturated rings. The molecule has 1 amide bonds. The van der Waals surface area contributed by atoms with Crippen LogP contribution in [0.25, 0.3) is 5.69 Å². The molecule has 0 saturated heterocycles. The maximum absolute atomic E-state index is 12.6. The van der Waals surface area contributed by atoms with Crippen molar-refractivity contribution in [3.63, 3.8) is 0 Å². The molecule has 3 nitrogen and oxygen atoms in total. The summed E-state index contributed by atoms with van der Waals surface area (Å²) in [6.07, 6.45) is 3.96.